The molecule has 0 aliphatic rings. The fourth-order valence-electron chi connectivity index (χ4n) is 1.28. The lowest BCUT2D eigenvalue weighted by molar-refractivity contribution is 0.0525. The second kappa shape index (κ2) is 6.89. The van der Waals surface area contributed by atoms with Gasteiger partial charge in [-0.05, 0) is 39.3 Å². The predicted molar refractivity (Wildman–Crippen MR) is 70.8 cm³/mol. The van der Waals surface area contributed by atoms with Gasteiger partial charge in [0.2, 0.25) is 0 Å². The summed E-state index contributed by atoms with van der Waals surface area (Å²) in [4.78, 5) is 11.3. The molecule has 1 N–H and O–H groups in total. The fourth-order valence-corrected chi connectivity index (χ4v) is 1.28. The third-order valence-corrected chi connectivity index (χ3v) is 2.00. The minimum atomic E-state index is -0.454. The normalized spacial score (nSPS) is 10.8. The van der Waals surface area contributed by atoms with Crippen LogP contribution in [0.3, 0.4) is 0 Å². The van der Waals surface area contributed by atoms with Crippen LogP contribution in [0, 0.1) is 0 Å². The number of carbonyl (C=O) groups is 1. The van der Waals surface area contributed by atoms with Crippen molar-refractivity contribution in [2.24, 2.45) is 0 Å². The Morgan fingerprint density at radius 3 is 2.50 bits per heavy atom. The average molecular weight is 251 g/mol. The van der Waals surface area contributed by atoms with Crippen molar-refractivity contribution < 1.29 is 14.3 Å². The molecule has 1 aromatic rings. The Morgan fingerprint density at radius 2 is 1.89 bits per heavy atom. The van der Waals surface area contributed by atoms with Gasteiger partial charge < -0.3 is 14.8 Å². The molecule has 0 heterocycles. The maximum atomic E-state index is 11.3. The number of benzene rings is 1. The molecule has 100 valence electrons. The Morgan fingerprint density at radius 1 is 1.22 bits per heavy atom. The van der Waals surface area contributed by atoms with E-state index in [1.807, 2.05) is 51.1 Å². The van der Waals surface area contributed by atoms with E-state index in [2.05, 4.69) is 5.32 Å². The van der Waals surface area contributed by atoms with Crippen molar-refractivity contribution >= 4 is 6.09 Å². The maximum absolute atomic E-state index is 11.3. The van der Waals surface area contributed by atoms with E-state index < -0.39 is 5.60 Å². The first-order valence-electron chi connectivity index (χ1n) is 6.12. The molecule has 0 radical (unpaired) electrons. The van der Waals surface area contributed by atoms with Crippen LogP contribution in [0.5, 0.6) is 5.75 Å². The van der Waals surface area contributed by atoms with Crippen LogP contribution in [0.1, 0.15) is 27.2 Å². The van der Waals surface area contributed by atoms with Crippen LogP contribution in [-0.4, -0.2) is 24.8 Å². The molecule has 0 atom stereocenters. The van der Waals surface area contributed by atoms with Crippen LogP contribution in [-0.2, 0) is 4.74 Å². The number of hydrogen-bond acceptors (Lipinski definition) is 3. The lowest BCUT2D eigenvalue weighted by Crippen LogP contribution is -2.33. The molecule has 0 fully saturated rings. The van der Waals surface area contributed by atoms with Crippen molar-refractivity contribution in [2.45, 2.75) is 32.8 Å². The van der Waals surface area contributed by atoms with Crippen LogP contribution in [0.25, 0.3) is 0 Å². The number of carbonyl (C=O) groups excluding carboxylic acids is 1. The first-order valence-corrected chi connectivity index (χ1v) is 6.12. The third kappa shape index (κ3) is 6.78. The summed E-state index contributed by atoms with van der Waals surface area (Å²) in [5, 5.41) is 2.68. The summed E-state index contributed by atoms with van der Waals surface area (Å²) in [5.41, 5.74) is -0.454. The highest BCUT2D eigenvalue weighted by atomic mass is 16.6. The van der Waals surface area contributed by atoms with E-state index >= 15 is 0 Å². The molecule has 0 saturated carbocycles. The zero-order chi connectivity index (χ0) is 13.4. The molecule has 0 unspecified atom stereocenters. The molecule has 1 aromatic carbocycles. The first kappa shape index (κ1) is 14.4. The van der Waals surface area contributed by atoms with Crippen LogP contribution in [0.15, 0.2) is 30.3 Å². The number of nitrogens with one attached hydrogen (secondary N) is 1. The van der Waals surface area contributed by atoms with Crippen LogP contribution in [0.4, 0.5) is 4.79 Å². The Balaban J connectivity index is 2.07. The number of amides is 1. The van der Waals surface area contributed by atoms with Crippen molar-refractivity contribution in [2.75, 3.05) is 13.2 Å². The molecule has 0 aliphatic heterocycles. The van der Waals surface area contributed by atoms with Gasteiger partial charge in [-0.3, -0.25) is 0 Å². The topological polar surface area (TPSA) is 47.6 Å². The Labute approximate surface area is 108 Å². The molecule has 1 rings (SSSR count). The molecule has 18 heavy (non-hydrogen) atoms. The van der Waals surface area contributed by atoms with Gasteiger partial charge in [-0.15, -0.1) is 0 Å². The SMILES string of the molecule is CC(C)(C)OC(=O)NCCCOc1ccccc1. The highest BCUT2D eigenvalue weighted by molar-refractivity contribution is 5.67. The largest absolute Gasteiger partial charge is 0.494 e. The van der Waals surface area contributed by atoms with Crippen molar-refractivity contribution in [3.05, 3.63) is 30.3 Å². The van der Waals surface area contributed by atoms with E-state index in [0.29, 0.717) is 13.2 Å². The molecule has 0 spiro atoms. The molecular formula is C14H21NO3. The lowest BCUT2D eigenvalue weighted by Gasteiger charge is -2.19. The summed E-state index contributed by atoms with van der Waals surface area (Å²) < 4.78 is 10.6. The molecule has 0 aliphatic carbocycles. The van der Waals surface area contributed by atoms with E-state index in [4.69, 9.17) is 9.47 Å². The average Bonchev–Trinajstić information content (AvgIpc) is 2.27. The maximum Gasteiger partial charge on any atom is 0.407 e. The van der Waals surface area contributed by atoms with E-state index in [9.17, 15) is 4.79 Å². The smallest absolute Gasteiger partial charge is 0.407 e. The Kier molecular flexibility index (Phi) is 5.49. The number of rotatable bonds is 5. The Bertz CT molecular complexity index is 357. The van der Waals surface area contributed by atoms with Crippen LogP contribution in [0.2, 0.25) is 0 Å². The summed E-state index contributed by atoms with van der Waals surface area (Å²) in [6.45, 7) is 6.63. The van der Waals surface area contributed by atoms with Crippen LogP contribution >= 0.6 is 0 Å². The predicted octanol–water partition coefficient (Wildman–Crippen LogP) is 2.98. The molecular weight excluding hydrogens is 230 g/mol. The second-order valence-corrected chi connectivity index (χ2v) is 4.94. The summed E-state index contributed by atoms with van der Waals surface area (Å²) in [7, 11) is 0. The van der Waals surface area contributed by atoms with E-state index in [-0.39, 0.29) is 6.09 Å². The second-order valence-electron chi connectivity index (χ2n) is 4.94. The molecule has 0 bridgehead atoms. The van der Waals surface area contributed by atoms with Gasteiger partial charge >= 0.3 is 6.09 Å². The van der Waals surface area contributed by atoms with Crippen molar-refractivity contribution in [1.82, 2.24) is 5.32 Å². The summed E-state index contributed by atoms with van der Waals surface area (Å²) in [6.07, 6.45) is 0.357. The number of hydrogen-bond donors (Lipinski definition) is 1. The quantitative estimate of drug-likeness (QED) is 0.818. The highest BCUT2D eigenvalue weighted by Gasteiger charge is 2.15. The first-order chi connectivity index (χ1) is 8.47. The molecule has 0 aromatic heterocycles. The van der Waals surface area contributed by atoms with Crippen molar-refractivity contribution in [3.63, 3.8) is 0 Å². The van der Waals surface area contributed by atoms with Crippen molar-refractivity contribution in [3.8, 4) is 5.75 Å². The minimum absolute atomic E-state index is 0.387. The van der Waals surface area contributed by atoms with Gasteiger partial charge in [0.1, 0.15) is 11.4 Å². The zero-order valence-corrected chi connectivity index (χ0v) is 11.2. The molecule has 0 saturated heterocycles. The van der Waals surface area contributed by atoms with Gasteiger partial charge in [-0.2, -0.15) is 0 Å². The Hall–Kier alpha value is -1.71. The van der Waals surface area contributed by atoms with E-state index in [1.54, 1.807) is 0 Å². The van der Waals surface area contributed by atoms with E-state index in [0.717, 1.165) is 12.2 Å². The van der Waals surface area contributed by atoms with Gasteiger partial charge in [0.25, 0.3) is 0 Å². The van der Waals surface area contributed by atoms with Gasteiger partial charge in [-0.1, -0.05) is 18.2 Å². The van der Waals surface area contributed by atoms with Gasteiger partial charge in [0, 0.05) is 6.54 Å². The fraction of sp³-hybridized carbons (Fsp3) is 0.500. The highest BCUT2D eigenvalue weighted by Crippen LogP contribution is 2.08. The monoisotopic (exact) mass is 251 g/mol. The molecule has 1 amide bonds. The molecule has 4 nitrogen and oxygen atoms in total. The number of alkyl carbamates (subject to hydrolysis) is 1. The summed E-state index contributed by atoms with van der Waals surface area (Å²) in [5.74, 6) is 0.842. The van der Waals surface area contributed by atoms with Gasteiger partial charge in [-0.25, -0.2) is 4.79 Å². The summed E-state index contributed by atoms with van der Waals surface area (Å²) >= 11 is 0. The minimum Gasteiger partial charge on any atom is -0.494 e. The van der Waals surface area contributed by atoms with Gasteiger partial charge in [0.05, 0.1) is 6.61 Å². The van der Waals surface area contributed by atoms with Crippen LogP contribution < -0.4 is 10.1 Å². The standard InChI is InChI=1S/C14H21NO3/c1-14(2,3)18-13(16)15-10-7-11-17-12-8-5-4-6-9-12/h4-6,8-9H,7,10-11H2,1-3H3,(H,15,16). The number of para-hydroxylation sites is 1. The summed E-state index contributed by atoms with van der Waals surface area (Å²) in [6, 6.07) is 9.60. The zero-order valence-electron chi connectivity index (χ0n) is 11.2. The van der Waals surface area contributed by atoms with Crippen molar-refractivity contribution in [1.29, 1.82) is 0 Å². The molecule has 4 heteroatoms. The number of ether oxygens (including phenoxy) is 2. The van der Waals surface area contributed by atoms with E-state index in [1.165, 1.54) is 0 Å². The third-order valence-electron chi connectivity index (χ3n) is 2.00. The lowest BCUT2D eigenvalue weighted by atomic mass is 10.2. The van der Waals surface area contributed by atoms with Gasteiger partial charge in [0.15, 0.2) is 0 Å².